The van der Waals surface area contributed by atoms with Crippen LogP contribution in [0.4, 0.5) is 0 Å². The molecule has 4 heteroatoms. The lowest BCUT2D eigenvalue weighted by Crippen LogP contribution is -2.38. The minimum Gasteiger partial charge on any atom is -0.507 e. The highest BCUT2D eigenvalue weighted by atomic mass is 16.6. The van der Waals surface area contributed by atoms with Crippen molar-refractivity contribution in [3.05, 3.63) is 23.8 Å². The number of hydrogen-bond donors (Lipinski definition) is 2. The zero-order chi connectivity index (χ0) is 10.3. The van der Waals surface area contributed by atoms with E-state index in [2.05, 4.69) is 0 Å². The van der Waals surface area contributed by atoms with E-state index < -0.39 is 5.79 Å². The molecule has 0 amide bonds. The van der Waals surface area contributed by atoms with Gasteiger partial charge < -0.3 is 14.9 Å². The molecule has 2 rings (SSSR count). The summed E-state index contributed by atoms with van der Waals surface area (Å²) in [4.78, 5) is 11.5. The first-order valence-corrected chi connectivity index (χ1v) is 4.26. The van der Waals surface area contributed by atoms with Gasteiger partial charge in [0.2, 0.25) is 5.79 Å². The van der Waals surface area contributed by atoms with Gasteiger partial charge in [-0.3, -0.25) is 4.79 Å². The summed E-state index contributed by atoms with van der Waals surface area (Å²) in [5.74, 6) is -1.67. The van der Waals surface area contributed by atoms with Crippen LogP contribution in [0.1, 0.15) is 23.7 Å². The Morgan fingerprint density at radius 1 is 1.50 bits per heavy atom. The Balaban J connectivity index is 2.56. The molecule has 2 N–H and O–H groups in total. The van der Waals surface area contributed by atoms with Crippen molar-refractivity contribution in [2.45, 2.75) is 19.1 Å². The number of aromatic hydroxyl groups is 1. The van der Waals surface area contributed by atoms with Crippen molar-refractivity contribution in [3.63, 3.8) is 0 Å². The summed E-state index contributed by atoms with van der Waals surface area (Å²) in [7, 11) is 0. The molecule has 14 heavy (non-hydrogen) atoms. The molecule has 1 aliphatic rings. The Bertz CT molecular complexity index is 395. The first-order chi connectivity index (χ1) is 6.49. The Hall–Kier alpha value is -1.55. The number of ether oxygens (including phenoxy) is 1. The summed E-state index contributed by atoms with van der Waals surface area (Å²) >= 11 is 0. The Morgan fingerprint density at radius 3 is 2.93 bits per heavy atom. The molecular formula is C10H10O4. The highest BCUT2D eigenvalue weighted by Crippen LogP contribution is 2.36. The van der Waals surface area contributed by atoms with Gasteiger partial charge in [0.05, 0.1) is 6.42 Å². The number of aliphatic hydroxyl groups is 1. The highest BCUT2D eigenvalue weighted by molar-refractivity contribution is 6.02. The molecule has 0 bridgehead atoms. The van der Waals surface area contributed by atoms with E-state index in [9.17, 15) is 15.0 Å². The van der Waals surface area contributed by atoms with Crippen LogP contribution in [-0.4, -0.2) is 21.8 Å². The van der Waals surface area contributed by atoms with Crippen molar-refractivity contribution in [3.8, 4) is 11.5 Å². The molecule has 1 unspecified atom stereocenters. The fourth-order valence-electron chi connectivity index (χ4n) is 1.54. The SMILES string of the molecule is CC1(O)CC(=O)c2c(O)cccc2O1. The summed E-state index contributed by atoms with van der Waals surface area (Å²) in [5, 5.41) is 19.0. The molecule has 1 heterocycles. The highest BCUT2D eigenvalue weighted by Gasteiger charge is 2.35. The van der Waals surface area contributed by atoms with Gasteiger partial charge in [-0.1, -0.05) is 6.07 Å². The fourth-order valence-corrected chi connectivity index (χ4v) is 1.54. The van der Waals surface area contributed by atoms with Crippen molar-refractivity contribution in [1.29, 1.82) is 0 Å². The van der Waals surface area contributed by atoms with Crippen LogP contribution in [0.15, 0.2) is 18.2 Å². The van der Waals surface area contributed by atoms with Gasteiger partial charge in [-0.15, -0.1) is 0 Å². The molecule has 1 aliphatic heterocycles. The van der Waals surface area contributed by atoms with Crippen LogP contribution in [0.2, 0.25) is 0 Å². The predicted molar refractivity (Wildman–Crippen MR) is 48.3 cm³/mol. The zero-order valence-electron chi connectivity index (χ0n) is 7.65. The molecular weight excluding hydrogens is 184 g/mol. The lowest BCUT2D eigenvalue weighted by Gasteiger charge is -2.29. The van der Waals surface area contributed by atoms with Gasteiger partial charge in [-0.25, -0.2) is 0 Å². The summed E-state index contributed by atoms with van der Waals surface area (Å²) in [6.45, 7) is 1.41. The smallest absolute Gasteiger partial charge is 0.212 e. The average molecular weight is 194 g/mol. The van der Waals surface area contributed by atoms with E-state index >= 15 is 0 Å². The van der Waals surface area contributed by atoms with Crippen LogP contribution in [0.5, 0.6) is 11.5 Å². The lowest BCUT2D eigenvalue weighted by molar-refractivity contribution is -0.123. The quantitative estimate of drug-likeness (QED) is 0.648. The Labute approximate surface area is 80.7 Å². The number of Topliss-reactive ketones (excluding diaryl/α,β-unsaturated/α-hetero) is 1. The third-order valence-corrected chi connectivity index (χ3v) is 2.10. The van der Waals surface area contributed by atoms with E-state index in [-0.39, 0.29) is 29.3 Å². The van der Waals surface area contributed by atoms with Crippen molar-refractivity contribution in [2.75, 3.05) is 0 Å². The zero-order valence-corrected chi connectivity index (χ0v) is 7.65. The maximum absolute atomic E-state index is 11.5. The molecule has 74 valence electrons. The third-order valence-electron chi connectivity index (χ3n) is 2.10. The number of carbonyl (C=O) groups excluding carboxylic acids is 1. The molecule has 1 aromatic rings. The number of hydrogen-bond acceptors (Lipinski definition) is 4. The van der Waals surface area contributed by atoms with Crippen molar-refractivity contribution >= 4 is 5.78 Å². The maximum atomic E-state index is 11.5. The van der Waals surface area contributed by atoms with Crippen LogP contribution in [-0.2, 0) is 0 Å². The van der Waals surface area contributed by atoms with E-state index in [4.69, 9.17) is 4.74 Å². The van der Waals surface area contributed by atoms with Crippen molar-refractivity contribution in [1.82, 2.24) is 0 Å². The first kappa shape index (κ1) is 9.02. The molecule has 0 fully saturated rings. The summed E-state index contributed by atoms with van der Waals surface area (Å²) in [5.41, 5.74) is 0.152. The third kappa shape index (κ3) is 1.33. The minimum atomic E-state index is -1.47. The molecule has 0 spiro atoms. The van der Waals surface area contributed by atoms with Crippen LogP contribution in [0.3, 0.4) is 0 Å². The van der Waals surface area contributed by atoms with Gasteiger partial charge in [0.15, 0.2) is 5.78 Å². The van der Waals surface area contributed by atoms with Gasteiger partial charge in [-0.2, -0.15) is 0 Å². The number of phenols is 1. The molecule has 1 aromatic carbocycles. The number of carbonyl (C=O) groups is 1. The Morgan fingerprint density at radius 2 is 2.21 bits per heavy atom. The van der Waals surface area contributed by atoms with Gasteiger partial charge in [0.25, 0.3) is 0 Å². The second kappa shape index (κ2) is 2.72. The lowest BCUT2D eigenvalue weighted by atomic mass is 9.98. The first-order valence-electron chi connectivity index (χ1n) is 4.26. The number of ketones is 1. The van der Waals surface area contributed by atoms with E-state index in [1.54, 1.807) is 12.1 Å². The molecule has 0 aromatic heterocycles. The fraction of sp³-hybridized carbons (Fsp3) is 0.300. The van der Waals surface area contributed by atoms with Gasteiger partial charge in [0, 0.05) is 6.92 Å². The normalized spacial score (nSPS) is 25.4. The van der Waals surface area contributed by atoms with E-state index in [1.165, 1.54) is 13.0 Å². The largest absolute Gasteiger partial charge is 0.507 e. The second-order valence-corrected chi connectivity index (χ2v) is 3.53. The molecule has 0 radical (unpaired) electrons. The van der Waals surface area contributed by atoms with E-state index in [0.717, 1.165) is 0 Å². The standard InChI is InChI=1S/C10H10O4/c1-10(13)5-7(12)9-6(11)3-2-4-8(9)14-10/h2-4,11,13H,5H2,1H3. The van der Waals surface area contributed by atoms with Crippen molar-refractivity contribution in [2.24, 2.45) is 0 Å². The van der Waals surface area contributed by atoms with Gasteiger partial charge >= 0.3 is 0 Å². The predicted octanol–water partition coefficient (Wildman–Crippen LogP) is 1.07. The summed E-state index contributed by atoms with van der Waals surface area (Å²) in [6, 6.07) is 4.52. The topological polar surface area (TPSA) is 66.8 Å². The molecule has 4 nitrogen and oxygen atoms in total. The van der Waals surface area contributed by atoms with Crippen molar-refractivity contribution < 1.29 is 19.7 Å². The average Bonchev–Trinajstić information content (AvgIpc) is 2.00. The molecule has 0 saturated carbocycles. The van der Waals surface area contributed by atoms with Crippen LogP contribution >= 0.6 is 0 Å². The molecule has 1 atom stereocenters. The number of benzene rings is 1. The molecule has 0 aliphatic carbocycles. The maximum Gasteiger partial charge on any atom is 0.212 e. The van der Waals surface area contributed by atoms with E-state index in [1.807, 2.05) is 0 Å². The number of phenolic OH excluding ortho intramolecular Hbond substituents is 1. The van der Waals surface area contributed by atoms with Crippen LogP contribution in [0, 0.1) is 0 Å². The van der Waals surface area contributed by atoms with Gasteiger partial charge in [-0.05, 0) is 12.1 Å². The summed E-state index contributed by atoms with van der Waals surface area (Å²) < 4.78 is 5.15. The number of fused-ring (bicyclic) bond motifs is 1. The number of rotatable bonds is 0. The van der Waals surface area contributed by atoms with E-state index in [0.29, 0.717) is 0 Å². The Kier molecular flexibility index (Phi) is 1.75. The minimum absolute atomic E-state index is 0.108. The summed E-state index contributed by atoms with van der Waals surface area (Å²) in [6.07, 6.45) is -0.141. The second-order valence-electron chi connectivity index (χ2n) is 3.53. The van der Waals surface area contributed by atoms with Gasteiger partial charge in [0.1, 0.15) is 17.1 Å². The molecule has 0 saturated heterocycles. The monoisotopic (exact) mass is 194 g/mol. The van der Waals surface area contributed by atoms with Crippen LogP contribution < -0.4 is 4.74 Å². The van der Waals surface area contributed by atoms with Crippen LogP contribution in [0.25, 0.3) is 0 Å².